The quantitative estimate of drug-likeness (QED) is 0.768. The molecule has 1 fully saturated rings. The lowest BCUT2D eigenvalue weighted by atomic mass is 9.84. The van der Waals surface area contributed by atoms with Crippen LogP contribution >= 0.6 is 0 Å². The normalized spacial score (nSPS) is 23.5. The molecule has 138 valence electrons. The van der Waals surface area contributed by atoms with Gasteiger partial charge in [0.2, 0.25) is 5.88 Å². The summed E-state index contributed by atoms with van der Waals surface area (Å²) in [5.41, 5.74) is 1.35. The lowest BCUT2D eigenvalue weighted by Gasteiger charge is -2.44. The molecule has 5 nitrogen and oxygen atoms in total. The van der Waals surface area contributed by atoms with E-state index < -0.39 is 21.3 Å². The summed E-state index contributed by atoms with van der Waals surface area (Å²) in [7, 11) is -1.32. The van der Waals surface area contributed by atoms with Crippen molar-refractivity contribution in [2.24, 2.45) is 4.40 Å². The van der Waals surface area contributed by atoms with Gasteiger partial charge >= 0.3 is 0 Å². The van der Waals surface area contributed by atoms with E-state index in [0.717, 1.165) is 37.2 Å². The maximum atomic E-state index is 12.7. The van der Waals surface area contributed by atoms with Crippen LogP contribution < -0.4 is 4.74 Å². The summed E-state index contributed by atoms with van der Waals surface area (Å²) in [6.07, 6.45) is 3.40. The van der Waals surface area contributed by atoms with Gasteiger partial charge in [-0.25, -0.2) is 9.19 Å². The average molecular weight is 364 g/mol. The minimum Gasteiger partial charge on any atom is -0.464 e. The summed E-state index contributed by atoms with van der Waals surface area (Å²) in [4.78, 5) is 6.85. The lowest BCUT2D eigenvalue weighted by Crippen LogP contribution is -2.55. The molecule has 0 radical (unpaired) electrons. The summed E-state index contributed by atoms with van der Waals surface area (Å²) in [5.74, 6) is 0.622. The van der Waals surface area contributed by atoms with Crippen molar-refractivity contribution in [3.8, 4) is 5.88 Å². The number of fused-ring (bicyclic) bond motifs is 1. The molecule has 1 aromatic heterocycles. The molecule has 2 aliphatic rings. The van der Waals surface area contributed by atoms with Crippen molar-refractivity contribution in [1.82, 2.24) is 9.88 Å². The van der Waals surface area contributed by atoms with Gasteiger partial charge in [0.05, 0.1) is 10.3 Å². The lowest BCUT2D eigenvalue weighted by molar-refractivity contribution is 0.0228. The maximum absolute atomic E-state index is 12.7. The standard InChI is InChI=1S/C19H29N3O2S/c1-17(2,3)22-12-9-19(10-13-22)15(21-25(23)18(4,5)6)14-8-7-11-20-16(14)24-19/h7-8,11H,9-10,12-13H2,1-6H3/t25-/m1/s1. The van der Waals surface area contributed by atoms with Crippen LogP contribution in [-0.4, -0.2) is 48.8 Å². The minimum atomic E-state index is -1.32. The Morgan fingerprint density at radius 2 is 1.84 bits per heavy atom. The molecule has 0 saturated carbocycles. The van der Waals surface area contributed by atoms with E-state index in [-0.39, 0.29) is 5.54 Å². The fourth-order valence-electron chi connectivity index (χ4n) is 3.36. The second kappa shape index (κ2) is 6.16. The zero-order valence-corrected chi connectivity index (χ0v) is 16.9. The van der Waals surface area contributed by atoms with Gasteiger partial charge in [-0.05, 0) is 53.7 Å². The van der Waals surface area contributed by atoms with Crippen LogP contribution in [0, 0.1) is 0 Å². The summed E-state index contributed by atoms with van der Waals surface area (Å²) >= 11 is 0. The van der Waals surface area contributed by atoms with Crippen LogP contribution in [0.2, 0.25) is 0 Å². The fraction of sp³-hybridized carbons (Fsp3) is 0.684. The first-order valence-corrected chi connectivity index (χ1v) is 10.0. The van der Waals surface area contributed by atoms with E-state index in [1.165, 1.54) is 0 Å². The molecule has 0 aliphatic carbocycles. The third kappa shape index (κ3) is 3.51. The van der Waals surface area contributed by atoms with E-state index >= 15 is 0 Å². The Bertz CT molecular complexity index is 708. The Kier molecular flexibility index (Phi) is 4.57. The molecule has 0 unspecified atom stereocenters. The first kappa shape index (κ1) is 18.5. The smallest absolute Gasteiger partial charge is 0.223 e. The predicted molar refractivity (Wildman–Crippen MR) is 103 cm³/mol. The summed E-state index contributed by atoms with van der Waals surface area (Å²) < 4.78 is 23.3. The van der Waals surface area contributed by atoms with Crippen molar-refractivity contribution in [2.75, 3.05) is 13.1 Å². The monoisotopic (exact) mass is 363 g/mol. The summed E-state index contributed by atoms with van der Waals surface area (Å²) in [5, 5.41) is 0. The number of rotatable bonds is 1. The zero-order valence-electron chi connectivity index (χ0n) is 16.1. The van der Waals surface area contributed by atoms with E-state index in [0.29, 0.717) is 5.88 Å². The van der Waals surface area contributed by atoms with E-state index in [1.807, 2.05) is 32.9 Å². The van der Waals surface area contributed by atoms with Gasteiger partial charge in [-0.15, -0.1) is 0 Å². The second-order valence-corrected chi connectivity index (χ2v) is 10.8. The van der Waals surface area contributed by atoms with Crippen LogP contribution in [-0.2, 0) is 11.0 Å². The van der Waals surface area contributed by atoms with Crippen LogP contribution in [0.3, 0.4) is 0 Å². The van der Waals surface area contributed by atoms with Crippen molar-refractivity contribution in [1.29, 1.82) is 0 Å². The minimum absolute atomic E-state index is 0.136. The highest BCUT2D eigenvalue weighted by Crippen LogP contribution is 2.41. The van der Waals surface area contributed by atoms with E-state index in [9.17, 15) is 4.21 Å². The SMILES string of the molecule is CC(C)(C)N1CCC2(CC1)Oc1ncccc1C2=N[S@](=O)C(C)(C)C. The van der Waals surface area contributed by atoms with Crippen molar-refractivity contribution in [3.63, 3.8) is 0 Å². The van der Waals surface area contributed by atoms with Crippen molar-refractivity contribution >= 4 is 16.7 Å². The predicted octanol–water partition coefficient (Wildman–Crippen LogP) is 3.36. The van der Waals surface area contributed by atoms with Crippen LogP contribution in [0.4, 0.5) is 0 Å². The Morgan fingerprint density at radius 1 is 1.20 bits per heavy atom. The van der Waals surface area contributed by atoms with Gasteiger partial charge in [-0.1, -0.05) is 0 Å². The van der Waals surface area contributed by atoms with Crippen LogP contribution in [0.15, 0.2) is 22.7 Å². The Balaban J connectivity index is 1.97. The number of piperidine rings is 1. The molecule has 2 aliphatic heterocycles. The highest BCUT2D eigenvalue weighted by molar-refractivity contribution is 7.85. The molecule has 0 bridgehead atoms. The van der Waals surface area contributed by atoms with Crippen molar-refractivity contribution in [3.05, 3.63) is 23.9 Å². The molecular formula is C19H29N3O2S. The number of aromatic nitrogens is 1. The van der Waals surface area contributed by atoms with E-state index in [4.69, 9.17) is 4.74 Å². The largest absolute Gasteiger partial charge is 0.464 e. The van der Waals surface area contributed by atoms with Crippen molar-refractivity contribution < 1.29 is 8.95 Å². The molecule has 0 amide bonds. The van der Waals surface area contributed by atoms with Crippen molar-refractivity contribution in [2.45, 2.75) is 70.3 Å². The Morgan fingerprint density at radius 3 is 2.40 bits per heavy atom. The zero-order chi connectivity index (χ0) is 18.5. The molecule has 1 atom stereocenters. The number of hydrogen-bond acceptors (Lipinski definition) is 4. The molecule has 3 rings (SSSR count). The summed E-state index contributed by atoms with van der Waals surface area (Å²) in [6, 6.07) is 3.87. The van der Waals surface area contributed by atoms with Gasteiger partial charge in [0, 0.05) is 37.7 Å². The molecule has 25 heavy (non-hydrogen) atoms. The Hall–Kier alpha value is -1.27. The van der Waals surface area contributed by atoms with E-state index in [2.05, 4.69) is 35.1 Å². The maximum Gasteiger partial charge on any atom is 0.223 e. The van der Waals surface area contributed by atoms with Gasteiger partial charge in [-0.2, -0.15) is 4.40 Å². The van der Waals surface area contributed by atoms with Gasteiger partial charge in [-0.3, -0.25) is 4.90 Å². The molecule has 0 N–H and O–H groups in total. The number of pyridine rings is 1. The second-order valence-electron chi connectivity index (χ2n) is 8.91. The molecule has 1 aromatic rings. The third-order valence-electron chi connectivity index (χ3n) is 4.97. The first-order valence-electron chi connectivity index (χ1n) is 8.94. The molecule has 6 heteroatoms. The van der Waals surface area contributed by atoms with Gasteiger partial charge < -0.3 is 4.74 Å². The van der Waals surface area contributed by atoms with Crippen LogP contribution in [0.25, 0.3) is 0 Å². The van der Waals surface area contributed by atoms with Crippen LogP contribution in [0.1, 0.15) is 59.9 Å². The van der Waals surface area contributed by atoms with Gasteiger partial charge in [0.15, 0.2) is 5.60 Å². The summed E-state index contributed by atoms with van der Waals surface area (Å²) in [6.45, 7) is 14.4. The molecule has 3 heterocycles. The van der Waals surface area contributed by atoms with E-state index in [1.54, 1.807) is 6.20 Å². The third-order valence-corrected chi connectivity index (χ3v) is 6.36. The topological polar surface area (TPSA) is 54.8 Å². The molecule has 1 saturated heterocycles. The number of hydrogen-bond donors (Lipinski definition) is 0. The highest BCUT2D eigenvalue weighted by atomic mass is 32.2. The first-order chi connectivity index (χ1) is 11.5. The van der Waals surface area contributed by atoms with Gasteiger partial charge in [0.1, 0.15) is 16.7 Å². The number of ether oxygens (including phenoxy) is 1. The van der Waals surface area contributed by atoms with Gasteiger partial charge in [0.25, 0.3) is 0 Å². The number of nitrogens with zero attached hydrogens (tertiary/aromatic N) is 3. The molecular weight excluding hydrogens is 334 g/mol. The highest BCUT2D eigenvalue weighted by Gasteiger charge is 2.50. The fourth-order valence-corrected chi connectivity index (χ4v) is 4.07. The average Bonchev–Trinajstić information content (AvgIpc) is 2.79. The number of likely N-dealkylation sites (tertiary alicyclic amines) is 1. The molecule has 1 spiro atoms. The van der Waals surface area contributed by atoms with Crippen LogP contribution in [0.5, 0.6) is 5.88 Å². The molecule has 0 aromatic carbocycles. The Labute approximate surface area is 153 Å².